The molecule has 6 nitrogen and oxygen atoms in total. The van der Waals surface area contributed by atoms with Crippen LogP contribution in [0.25, 0.3) is 0 Å². The maximum atomic E-state index is 14.0. The van der Waals surface area contributed by atoms with Gasteiger partial charge in [-0.15, -0.1) is 12.4 Å². The number of aromatic nitrogens is 3. The van der Waals surface area contributed by atoms with E-state index >= 15 is 0 Å². The zero-order valence-electron chi connectivity index (χ0n) is 21.1. The first-order chi connectivity index (χ1) is 16.3. The van der Waals surface area contributed by atoms with Crippen molar-refractivity contribution in [3.63, 3.8) is 0 Å². The van der Waals surface area contributed by atoms with Gasteiger partial charge >= 0.3 is 0 Å². The molecule has 0 fully saturated rings. The Morgan fingerprint density at radius 1 is 1.17 bits per heavy atom. The molecule has 1 atom stereocenters. The van der Waals surface area contributed by atoms with E-state index in [0.29, 0.717) is 18.4 Å². The fourth-order valence-corrected chi connectivity index (χ4v) is 4.65. The maximum absolute atomic E-state index is 14.0. The summed E-state index contributed by atoms with van der Waals surface area (Å²) in [5.74, 6) is 0.984. The third kappa shape index (κ3) is 6.23. The third-order valence-electron chi connectivity index (χ3n) is 6.68. The lowest BCUT2D eigenvalue weighted by molar-refractivity contribution is -0.120. The topological polar surface area (TPSA) is 71.2 Å². The van der Waals surface area contributed by atoms with E-state index in [-0.39, 0.29) is 30.0 Å². The van der Waals surface area contributed by atoms with E-state index < -0.39 is 0 Å². The Morgan fingerprint density at radius 2 is 1.97 bits per heavy atom. The van der Waals surface area contributed by atoms with Crippen LogP contribution in [0.2, 0.25) is 0 Å². The van der Waals surface area contributed by atoms with Crippen molar-refractivity contribution in [2.45, 2.75) is 78.3 Å². The Kier molecular flexibility index (Phi) is 8.95. The summed E-state index contributed by atoms with van der Waals surface area (Å²) in [4.78, 5) is 20.5. The van der Waals surface area contributed by atoms with Gasteiger partial charge < -0.3 is 10.0 Å². The summed E-state index contributed by atoms with van der Waals surface area (Å²) in [6.45, 7) is 9.94. The summed E-state index contributed by atoms with van der Waals surface area (Å²) >= 11 is 0. The highest BCUT2D eigenvalue weighted by atomic mass is 35.5. The fraction of sp³-hybridized carbons (Fsp3) is 0.464. The predicted molar refractivity (Wildman–Crippen MR) is 142 cm³/mol. The van der Waals surface area contributed by atoms with E-state index in [1.54, 1.807) is 6.07 Å². The lowest BCUT2D eigenvalue weighted by Crippen LogP contribution is -2.36. The van der Waals surface area contributed by atoms with Gasteiger partial charge in [-0.1, -0.05) is 39.8 Å². The molecule has 35 heavy (non-hydrogen) atoms. The van der Waals surface area contributed by atoms with Crippen LogP contribution in [-0.2, 0) is 24.3 Å². The molecule has 1 amide bonds. The number of aryl methyl sites for hydroxylation is 1. The summed E-state index contributed by atoms with van der Waals surface area (Å²) in [6, 6.07) is 9.53. The summed E-state index contributed by atoms with van der Waals surface area (Å²) in [7, 11) is 0. The Labute approximate surface area is 214 Å². The molecule has 0 saturated carbocycles. The molecule has 3 aromatic rings. The van der Waals surface area contributed by atoms with Gasteiger partial charge in [0.05, 0.1) is 30.5 Å². The molecule has 1 aliphatic carbocycles. The average molecular weight is 497 g/mol. The van der Waals surface area contributed by atoms with E-state index in [1.165, 1.54) is 0 Å². The van der Waals surface area contributed by atoms with Crippen molar-refractivity contribution in [2.24, 2.45) is 5.92 Å². The molecule has 1 unspecified atom stereocenters. The van der Waals surface area contributed by atoms with Gasteiger partial charge in [0.15, 0.2) is 0 Å². The Morgan fingerprint density at radius 3 is 2.66 bits per heavy atom. The Hall–Kier alpha value is -2.86. The second-order valence-electron chi connectivity index (χ2n) is 10.1. The molecule has 1 N–H and O–H groups in total. The number of benzene rings is 1. The number of rotatable bonds is 8. The molecule has 0 saturated heterocycles. The molecular weight excluding hydrogens is 460 g/mol. The van der Waals surface area contributed by atoms with Crippen molar-refractivity contribution in [1.29, 1.82) is 0 Å². The average Bonchev–Trinajstić information content (AvgIpc) is 3.28. The second-order valence-corrected chi connectivity index (χ2v) is 10.1. The van der Waals surface area contributed by atoms with Gasteiger partial charge in [0.1, 0.15) is 5.75 Å². The normalized spacial score (nSPS) is 15.1. The quantitative estimate of drug-likeness (QED) is 0.401. The number of nitrogens with zero attached hydrogens (tertiary/aromatic N) is 4. The van der Waals surface area contributed by atoms with Crippen molar-refractivity contribution in [1.82, 2.24) is 14.8 Å². The zero-order chi connectivity index (χ0) is 24.2. The lowest BCUT2D eigenvalue weighted by atomic mass is 9.81. The van der Waals surface area contributed by atoms with Crippen LogP contribution in [0.1, 0.15) is 81.2 Å². The standard InChI is InChI=1S/C28H36N4O2.ClH/c1-19(2)13-14-31-17-21(15-30-31)18-32(22-11-12-26(20(3)4)29-16-22)28(34)25-9-5-8-24-23(25)7-6-10-27(24)33;/h6-7,10-12,15-17,19-20,25,33H,5,8-9,13-14,18H2,1-4H3;1H. The van der Waals surface area contributed by atoms with Crippen LogP contribution in [0, 0.1) is 5.92 Å². The number of anilines is 1. The molecule has 0 radical (unpaired) electrons. The zero-order valence-corrected chi connectivity index (χ0v) is 22.0. The van der Waals surface area contributed by atoms with Gasteiger partial charge in [-0.25, -0.2) is 0 Å². The molecule has 0 bridgehead atoms. The van der Waals surface area contributed by atoms with Gasteiger partial charge in [0.2, 0.25) is 5.91 Å². The van der Waals surface area contributed by atoms with Gasteiger partial charge in [0.25, 0.3) is 0 Å². The number of carbonyl (C=O) groups is 1. The summed E-state index contributed by atoms with van der Waals surface area (Å²) in [6.07, 6.45) is 9.23. The molecular formula is C28H37ClN4O2. The molecule has 188 valence electrons. The summed E-state index contributed by atoms with van der Waals surface area (Å²) < 4.78 is 1.96. The first kappa shape index (κ1) is 26.7. The van der Waals surface area contributed by atoms with E-state index in [4.69, 9.17) is 0 Å². The summed E-state index contributed by atoms with van der Waals surface area (Å²) in [5, 5.41) is 14.9. The molecule has 7 heteroatoms. The minimum atomic E-state index is -0.281. The third-order valence-corrected chi connectivity index (χ3v) is 6.68. The Balaban J connectivity index is 0.00000342. The van der Waals surface area contributed by atoms with Gasteiger partial charge in [-0.2, -0.15) is 5.10 Å². The minimum Gasteiger partial charge on any atom is -0.508 e. The Bertz CT molecular complexity index is 1120. The fourth-order valence-electron chi connectivity index (χ4n) is 4.65. The molecule has 1 aromatic carbocycles. The monoisotopic (exact) mass is 496 g/mol. The number of carbonyl (C=O) groups excluding carboxylic acids is 1. The van der Waals surface area contributed by atoms with Gasteiger partial charge in [-0.05, 0) is 66.8 Å². The smallest absolute Gasteiger partial charge is 0.234 e. The van der Waals surface area contributed by atoms with Crippen molar-refractivity contribution < 1.29 is 9.90 Å². The SMILES string of the molecule is CC(C)CCn1cc(CN(C(=O)C2CCCc3c(O)cccc32)c2ccc(C(C)C)nc2)cn1.Cl. The van der Waals surface area contributed by atoms with E-state index in [2.05, 4.69) is 37.8 Å². The number of fused-ring (bicyclic) bond motifs is 1. The molecule has 4 rings (SSSR count). The second kappa shape index (κ2) is 11.7. The minimum absolute atomic E-state index is 0. The van der Waals surface area contributed by atoms with Crippen LogP contribution < -0.4 is 4.90 Å². The van der Waals surface area contributed by atoms with E-state index in [9.17, 15) is 9.90 Å². The number of pyridine rings is 1. The first-order valence-electron chi connectivity index (χ1n) is 12.4. The number of aromatic hydroxyl groups is 1. The first-order valence-corrected chi connectivity index (χ1v) is 12.4. The van der Waals surface area contributed by atoms with Crippen LogP contribution in [0.5, 0.6) is 5.75 Å². The molecule has 1 aliphatic rings. The molecule has 0 aliphatic heterocycles. The highest BCUT2D eigenvalue weighted by Gasteiger charge is 2.32. The van der Waals surface area contributed by atoms with Gasteiger partial charge in [0, 0.05) is 24.0 Å². The van der Waals surface area contributed by atoms with Crippen molar-refractivity contribution in [2.75, 3.05) is 4.90 Å². The van der Waals surface area contributed by atoms with E-state index in [1.807, 2.05) is 52.4 Å². The highest BCUT2D eigenvalue weighted by molar-refractivity contribution is 5.98. The predicted octanol–water partition coefficient (Wildman–Crippen LogP) is 6.23. The van der Waals surface area contributed by atoms with Crippen molar-refractivity contribution >= 4 is 24.0 Å². The molecule has 0 spiro atoms. The molecule has 2 aromatic heterocycles. The number of hydrogen-bond acceptors (Lipinski definition) is 4. The lowest BCUT2D eigenvalue weighted by Gasteiger charge is -2.31. The van der Waals surface area contributed by atoms with Crippen LogP contribution in [-0.4, -0.2) is 25.8 Å². The van der Waals surface area contributed by atoms with Gasteiger partial charge in [-0.3, -0.25) is 14.5 Å². The number of halogens is 1. The van der Waals surface area contributed by atoms with Crippen molar-refractivity contribution in [3.05, 3.63) is 71.3 Å². The van der Waals surface area contributed by atoms with Crippen LogP contribution >= 0.6 is 12.4 Å². The summed E-state index contributed by atoms with van der Waals surface area (Å²) in [5.41, 5.74) is 4.64. The number of phenols is 1. The van der Waals surface area contributed by atoms with Crippen LogP contribution in [0.4, 0.5) is 5.69 Å². The van der Waals surface area contributed by atoms with Crippen LogP contribution in [0.15, 0.2) is 48.9 Å². The molecule has 2 heterocycles. The van der Waals surface area contributed by atoms with Crippen molar-refractivity contribution in [3.8, 4) is 5.75 Å². The van der Waals surface area contributed by atoms with Crippen LogP contribution in [0.3, 0.4) is 0 Å². The highest BCUT2D eigenvalue weighted by Crippen LogP contribution is 2.38. The number of hydrogen-bond donors (Lipinski definition) is 1. The number of phenolic OH excluding ortho intramolecular Hbond substituents is 1. The number of amides is 1. The largest absolute Gasteiger partial charge is 0.508 e. The van der Waals surface area contributed by atoms with E-state index in [0.717, 1.165) is 60.3 Å². The maximum Gasteiger partial charge on any atom is 0.234 e.